The molecule has 1 aliphatic heterocycles. The Bertz CT molecular complexity index is 547. The normalized spacial score (nSPS) is 21.9. The quantitative estimate of drug-likeness (QED) is 0.874. The van der Waals surface area contributed by atoms with Gasteiger partial charge in [0, 0.05) is 23.8 Å². The number of carbonyl (C=O) groups excluding carboxylic acids is 1. The highest BCUT2D eigenvalue weighted by Crippen LogP contribution is 2.26. The number of anilines is 1. The number of benzene rings is 1. The summed E-state index contributed by atoms with van der Waals surface area (Å²) in [5.74, 6) is -1.83. The van der Waals surface area contributed by atoms with E-state index in [2.05, 4.69) is 5.32 Å². The van der Waals surface area contributed by atoms with Gasteiger partial charge < -0.3 is 15.3 Å². The lowest BCUT2D eigenvalue weighted by Gasteiger charge is -2.24. The van der Waals surface area contributed by atoms with Crippen LogP contribution in [0.15, 0.2) is 18.2 Å². The van der Waals surface area contributed by atoms with Crippen molar-refractivity contribution >= 4 is 17.7 Å². The third kappa shape index (κ3) is 2.59. The Kier molecular flexibility index (Phi) is 3.92. The van der Waals surface area contributed by atoms with E-state index in [-0.39, 0.29) is 11.9 Å². The molecule has 1 aromatic rings. The second-order valence-electron chi connectivity index (χ2n) is 5.01. The number of hydrogen-bond donors (Lipinski definition) is 2. The number of urea groups is 1. The summed E-state index contributed by atoms with van der Waals surface area (Å²) in [5, 5.41) is 11.7. The first kappa shape index (κ1) is 14.3. The van der Waals surface area contributed by atoms with Crippen LogP contribution in [0.2, 0.25) is 0 Å². The zero-order valence-electron chi connectivity index (χ0n) is 11.4. The van der Waals surface area contributed by atoms with Gasteiger partial charge in [0.15, 0.2) is 0 Å². The molecule has 1 saturated heterocycles. The van der Waals surface area contributed by atoms with Crippen LogP contribution in [-0.4, -0.2) is 34.6 Å². The summed E-state index contributed by atoms with van der Waals surface area (Å²) >= 11 is 0. The number of amides is 2. The first-order chi connectivity index (χ1) is 9.41. The van der Waals surface area contributed by atoms with Crippen molar-refractivity contribution in [2.75, 3.05) is 11.9 Å². The second kappa shape index (κ2) is 5.48. The Labute approximate surface area is 116 Å². The Hall–Kier alpha value is -2.11. The van der Waals surface area contributed by atoms with Crippen LogP contribution in [0.5, 0.6) is 0 Å². The summed E-state index contributed by atoms with van der Waals surface area (Å²) in [5.41, 5.74) is 0.767. The third-order valence-electron chi connectivity index (χ3n) is 3.84. The fourth-order valence-corrected chi connectivity index (χ4v) is 2.49. The van der Waals surface area contributed by atoms with E-state index in [1.165, 1.54) is 17.0 Å². The van der Waals surface area contributed by atoms with Gasteiger partial charge in [-0.3, -0.25) is 4.79 Å². The van der Waals surface area contributed by atoms with Gasteiger partial charge in [-0.05, 0) is 32.4 Å². The smallest absolute Gasteiger partial charge is 0.322 e. The van der Waals surface area contributed by atoms with E-state index in [1.54, 1.807) is 19.9 Å². The molecule has 2 atom stereocenters. The zero-order valence-corrected chi connectivity index (χ0v) is 11.4. The van der Waals surface area contributed by atoms with Crippen molar-refractivity contribution in [1.29, 1.82) is 0 Å². The standard InChI is InChI=1S/C14H17FN2O3/c1-8-11(15)4-3-5-12(8)16-14(20)17-7-6-10(9(17)2)13(18)19/h3-5,9-10H,6-7H2,1-2H3,(H,16,20)(H,18,19). The van der Waals surface area contributed by atoms with Gasteiger partial charge in [0.25, 0.3) is 0 Å². The Morgan fingerprint density at radius 1 is 1.45 bits per heavy atom. The molecule has 2 N–H and O–H groups in total. The van der Waals surface area contributed by atoms with Crippen LogP contribution in [0.1, 0.15) is 18.9 Å². The van der Waals surface area contributed by atoms with Crippen LogP contribution in [0.4, 0.5) is 14.9 Å². The highest BCUT2D eigenvalue weighted by Gasteiger charge is 2.38. The van der Waals surface area contributed by atoms with Crippen molar-refractivity contribution in [2.24, 2.45) is 5.92 Å². The van der Waals surface area contributed by atoms with Gasteiger partial charge in [0.1, 0.15) is 5.82 Å². The maximum atomic E-state index is 13.4. The summed E-state index contributed by atoms with van der Waals surface area (Å²) < 4.78 is 13.4. The van der Waals surface area contributed by atoms with Crippen LogP contribution < -0.4 is 5.32 Å². The molecule has 2 unspecified atom stereocenters. The number of likely N-dealkylation sites (tertiary alicyclic amines) is 1. The second-order valence-corrected chi connectivity index (χ2v) is 5.01. The molecule has 0 aromatic heterocycles. The van der Waals surface area contributed by atoms with Gasteiger partial charge in [-0.25, -0.2) is 9.18 Å². The lowest BCUT2D eigenvalue weighted by molar-refractivity contribution is -0.142. The lowest BCUT2D eigenvalue weighted by atomic mass is 10.0. The number of hydrogen-bond acceptors (Lipinski definition) is 2. The molecule has 0 saturated carbocycles. The maximum absolute atomic E-state index is 13.4. The van der Waals surface area contributed by atoms with E-state index in [0.717, 1.165) is 0 Å². The molecule has 0 bridgehead atoms. The Morgan fingerprint density at radius 2 is 2.15 bits per heavy atom. The molecule has 2 amide bonds. The maximum Gasteiger partial charge on any atom is 0.322 e. The fourth-order valence-electron chi connectivity index (χ4n) is 2.49. The van der Waals surface area contributed by atoms with Crippen molar-refractivity contribution in [3.63, 3.8) is 0 Å². The van der Waals surface area contributed by atoms with Gasteiger partial charge in [0.2, 0.25) is 0 Å². The molecule has 0 aliphatic carbocycles. The average Bonchev–Trinajstić information content (AvgIpc) is 2.77. The summed E-state index contributed by atoms with van der Waals surface area (Å²) in [6, 6.07) is 3.69. The highest BCUT2D eigenvalue weighted by molar-refractivity contribution is 5.91. The minimum absolute atomic E-state index is 0.363. The lowest BCUT2D eigenvalue weighted by Crippen LogP contribution is -2.40. The van der Waals surface area contributed by atoms with Crippen molar-refractivity contribution < 1.29 is 19.1 Å². The van der Waals surface area contributed by atoms with Crippen LogP contribution in [0, 0.1) is 18.7 Å². The number of aliphatic carboxylic acids is 1. The Morgan fingerprint density at radius 3 is 2.75 bits per heavy atom. The number of carboxylic acids is 1. The number of carboxylic acid groups (broad SMARTS) is 1. The molecule has 1 aromatic carbocycles. The van der Waals surface area contributed by atoms with Crippen LogP contribution in [0.3, 0.4) is 0 Å². The van der Waals surface area contributed by atoms with Crippen molar-refractivity contribution in [1.82, 2.24) is 4.90 Å². The molecule has 1 heterocycles. The molecular formula is C14H17FN2O3. The van der Waals surface area contributed by atoms with Crippen molar-refractivity contribution in [2.45, 2.75) is 26.3 Å². The number of rotatable bonds is 2. The van der Waals surface area contributed by atoms with Crippen LogP contribution >= 0.6 is 0 Å². The topological polar surface area (TPSA) is 69.6 Å². The first-order valence-corrected chi connectivity index (χ1v) is 6.47. The van der Waals surface area contributed by atoms with Gasteiger partial charge in [-0.2, -0.15) is 0 Å². The third-order valence-corrected chi connectivity index (χ3v) is 3.84. The van der Waals surface area contributed by atoms with Gasteiger partial charge >= 0.3 is 12.0 Å². The van der Waals surface area contributed by atoms with E-state index in [1.807, 2.05) is 0 Å². The fraction of sp³-hybridized carbons (Fsp3) is 0.429. The van der Waals surface area contributed by atoms with E-state index >= 15 is 0 Å². The van der Waals surface area contributed by atoms with E-state index in [4.69, 9.17) is 5.11 Å². The predicted molar refractivity (Wildman–Crippen MR) is 72.1 cm³/mol. The summed E-state index contributed by atoms with van der Waals surface area (Å²) in [6.45, 7) is 3.68. The van der Waals surface area contributed by atoms with Gasteiger partial charge in [0.05, 0.1) is 5.92 Å². The van der Waals surface area contributed by atoms with Crippen LogP contribution in [-0.2, 0) is 4.79 Å². The van der Waals surface area contributed by atoms with E-state index in [0.29, 0.717) is 24.2 Å². The highest BCUT2D eigenvalue weighted by atomic mass is 19.1. The number of halogens is 1. The minimum atomic E-state index is -0.894. The van der Waals surface area contributed by atoms with Crippen molar-refractivity contribution in [3.05, 3.63) is 29.6 Å². The Balaban J connectivity index is 2.10. The minimum Gasteiger partial charge on any atom is -0.481 e. The summed E-state index contributed by atoms with van der Waals surface area (Å²) in [6.07, 6.45) is 0.437. The van der Waals surface area contributed by atoms with Crippen molar-refractivity contribution in [3.8, 4) is 0 Å². The number of nitrogens with zero attached hydrogens (tertiary/aromatic N) is 1. The molecule has 5 nitrogen and oxygen atoms in total. The summed E-state index contributed by atoms with van der Waals surface area (Å²) in [4.78, 5) is 24.7. The van der Waals surface area contributed by atoms with E-state index < -0.39 is 17.9 Å². The molecule has 2 rings (SSSR count). The van der Waals surface area contributed by atoms with Gasteiger partial charge in [-0.1, -0.05) is 6.07 Å². The SMILES string of the molecule is Cc1c(F)cccc1NC(=O)N1CCC(C(=O)O)C1C. The monoisotopic (exact) mass is 280 g/mol. The number of carbonyl (C=O) groups is 2. The zero-order chi connectivity index (χ0) is 14.9. The molecule has 108 valence electrons. The number of nitrogens with one attached hydrogen (secondary N) is 1. The molecular weight excluding hydrogens is 263 g/mol. The molecule has 0 spiro atoms. The van der Waals surface area contributed by atoms with E-state index in [9.17, 15) is 14.0 Å². The summed E-state index contributed by atoms with van der Waals surface area (Å²) in [7, 11) is 0. The van der Waals surface area contributed by atoms with Gasteiger partial charge in [-0.15, -0.1) is 0 Å². The molecule has 1 fully saturated rings. The largest absolute Gasteiger partial charge is 0.481 e. The average molecular weight is 280 g/mol. The predicted octanol–water partition coefficient (Wildman–Crippen LogP) is 2.46. The first-order valence-electron chi connectivity index (χ1n) is 6.47. The van der Waals surface area contributed by atoms with Crippen LogP contribution in [0.25, 0.3) is 0 Å². The molecule has 1 aliphatic rings. The molecule has 0 radical (unpaired) electrons. The molecule has 20 heavy (non-hydrogen) atoms. The molecule has 6 heteroatoms.